The van der Waals surface area contributed by atoms with Crippen molar-refractivity contribution in [1.82, 2.24) is 10.3 Å². The van der Waals surface area contributed by atoms with E-state index in [0.29, 0.717) is 5.88 Å². The summed E-state index contributed by atoms with van der Waals surface area (Å²) in [5, 5.41) is 2.86. The van der Waals surface area contributed by atoms with Crippen molar-refractivity contribution in [3.8, 4) is 5.88 Å². The Kier molecular flexibility index (Phi) is 5.11. The molecule has 152 valence electrons. The van der Waals surface area contributed by atoms with Gasteiger partial charge in [-0.1, -0.05) is 0 Å². The lowest BCUT2D eigenvalue weighted by molar-refractivity contribution is -0.127. The number of primary amides is 1. The number of rotatable bonds is 8. The first-order valence-electron chi connectivity index (χ1n) is 9.62. The van der Waals surface area contributed by atoms with E-state index in [0.717, 1.165) is 38.0 Å². The van der Waals surface area contributed by atoms with Crippen molar-refractivity contribution in [2.45, 2.75) is 43.4 Å². The summed E-state index contributed by atoms with van der Waals surface area (Å²) >= 11 is 0. The minimum Gasteiger partial charge on any atom is -0.473 e. The van der Waals surface area contributed by atoms with Gasteiger partial charge in [0.05, 0.1) is 31.3 Å². The summed E-state index contributed by atoms with van der Waals surface area (Å²) in [6, 6.07) is 3.54. The highest BCUT2D eigenvalue weighted by atomic mass is 16.5. The number of nitrogens with two attached hydrogens (primary N) is 1. The van der Waals surface area contributed by atoms with E-state index in [1.807, 2.05) is 6.07 Å². The molecule has 3 N–H and O–H groups in total. The van der Waals surface area contributed by atoms with Crippen molar-refractivity contribution in [3.63, 3.8) is 0 Å². The van der Waals surface area contributed by atoms with Crippen LogP contribution in [0, 0.1) is 0 Å². The first kappa shape index (κ1) is 18.9. The predicted octanol–water partition coefficient (Wildman–Crippen LogP) is 0.222. The fourth-order valence-electron chi connectivity index (χ4n) is 3.52. The third-order valence-corrected chi connectivity index (χ3v) is 5.57. The summed E-state index contributed by atoms with van der Waals surface area (Å²) < 4.78 is 16.6. The molecule has 3 aliphatic rings. The second-order valence-electron chi connectivity index (χ2n) is 7.82. The molecule has 9 nitrogen and oxygen atoms in total. The SMILES string of the molecule is COC1CN(c2ccc(C(=O)NC3(CC(N)=O)COC3)nc2OC2CCC2)C1. The number of anilines is 1. The van der Waals surface area contributed by atoms with Crippen molar-refractivity contribution in [3.05, 3.63) is 17.8 Å². The van der Waals surface area contributed by atoms with Crippen LogP contribution in [-0.2, 0) is 14.3 Å². The molecule has 2 saturated heterocycles. The van der Waals surface area contributed by atoms with Gasteiger partial charge in [0.1, 0.15) is 17.5 Å². The van der Waals surface area contributed by atoms with Gasteiger partial charge in [0.15, 0.2) is 0 Å². The first-order valence-corrected chi connectivity index (χ1v) is 9.62. The number of methoxy groups -OCH3 is 1. The van der Waals surface area contributed by atoms with Gasteiger partial charge in [-0.2, -0.15) is 0 Å². The summed E-state index contributed by atoms with van der Waals surface area (Å²) in [7, 11) is 1.70. The van der Waals surface area contributed by atoms with Crippen LogP contribution in [0.2, 0.25) is 0 Å². The van der Waals surface area contributed by atoms with Crippen LogP contribution in [-0.4, -0.2) is 68.0 Å². The fourth-order valence-corrected chi connectivity index (χ4v) is 3.52. The van der Waals surface area contributed by atoms with Crippen LogP contribution in [0.5, 0.6) is 5.88 Å². The first-order chi connectivity index (χ1) is 13.5. The van der Waals surface area contributed by atoms with E-state index < -0.39 is 11.4 Å². The monoisotopic (exact) mass is 390 g/mol. The minimum atomic E-state index is -0.749. The van der Waals surface area contributed by atoms with Crippen molar-refractivity contribution in [1.29, 1.82) is 0 Å². The van der Waals surface area contributed by atoms with Gasteiger partial charge in [-0.05, 0) is 31.4 Å². The van der Waals surface area contributed by atoms with Crippen LogP contribution < -0.4 is 20.7 Å². The topological polar surface area (TPSA) is 116 Å². The normalized spacial score (nSPS) is 21.2. The maximum absolute atomic E-state index is 12.7. The molecule has 0 radical (unpaired) electrons. The minimum absolute atomic E-state index is 0.0361. The molecule has 1 saturated carbocycles. The number of aromatic nitrogens is 1. The van der Waals surface area contributed by atoms with E-state index in [1.54, 1.807) is 13.2 Å². The number of hydrogen-bond acceptors (Lipinski definition) is 7. The number of nitrogens with one attached hydrogen (secondary N) is 1. The molecule has 2 aliphatic heterocycles. The van der Waals surface area contributed by atoms with E-state index in [1.165, 1.54) is 0 Å². The number of ether oxygens (including phenoxy) is 3. The summed E-state index contributed by atoms with van der Waals surface area (Å²) in [4.78, 5) is 30.7. The molecule has 4 rings (SSSR count). The van der Waals surface area contributed by atoms with Gasteiger partial charge in [-0.25, -0.2) is 4.98 Å². The summed E-state index contributed by atoms with van der Waals surface area (Å²) in [6.45, 7) is 2.06. The van der Waals surface area contributed by atoms with Gasteiger partial charge in [-0.3, -0.25) is 9.59 Å². The van der Waals surface area contributed by atoms with Gasteiger partial charge in [0.25, 0.3) is 5.91 Å². The summed E-state index contributed by atoms with van der Waals surface area (Å²) in [6.07, 6.45) is 3.52. The van der Waals surface area contributed by atoms with Gasteiger partial charge in [-0.15, -0.1) is 0 Å². The van der Waals surface area contributed by atoms with Crippen LogP contribution >= 0.6 is 0 Å². The quantitative estimate of drug-likeness (QED) is 0.652. The molecular weight excluding hydrogens is 364 g/mol. The highest BCUT2D eigenvalue weighted by Gasteiger charge is 2.42. The highest BCUT2D eigenvalue weighted by Crippen LogP contribution is 2.34. The zero-order valence-corrected chi connectivity index (χ0v) is 16.0. The Morgan fingerprint density at radius 2 is 2.07 bits per heavy atom. The van der Waals surface area contributed by atoms with E-state index in [9.17, 15) is 9.59 Å². The summed E-state index contributed by atoms with van der Waals surface area (Å²) in [5.41, 5.74) is 5.67. The number of carbonyl (C=O) groups is 2. The molecule has 9 heteroatoms. The average molecular weight is 390 g/mol. The van der Waals surface area contributed by atoms with E-state index in [-0.39, 0.29) is 43.4 Å². The molecule has 1 aromatic heterocycles. The molecule has 0 bridgehead atoms. The number of carbonyl (C=O) groups excluding carboxylic acids is 2. The highest BCUT2D eigenvalue weighted by molar-refractivity contribution is 5.94. The van der Waals surface area contributed by atoms with E-state index >= 15 is 0 Å². The Morgan fingerprint density at radius 1 is 1.32 bits per heavy atom. The zero-order valence-electron chi connectivity index (χ0n) is 16.0. The molecule has 0 spiro atoms. The fraction of sp³-hybridized carbons (Fsp3) is 0.632. The van der Waals surface area contributed by atoms with Crippen molar-refractivity contribution in [2.75, 3.05) is 38.3 Å². The lowest BCUT2D eigenvalue weighted by atomic mass is 9.92. The molecule has 1 aliphatic carbocycles. The molecule has 0 unspecified atom stereocenters. The largest absolute Gasteiger partial charge is 0.473 e. The molecule has 2 amide bonds. The lowest BCUT2D eigenvalue weighted by Crippen LogP contribution is -2.63. The van der Waals surface area contributed by atoms with Crippen LogP contribution in [0.1, 0.15) is 36.2 Å². The Hall–Kier alpha value is -2.39. The molecule has 0 atom stereocenters. The summed E-state index contributed by atoms with van der Waals surface area (Å²) in [5.74, 6) is -0.375. The number of nitrogens with zero attached hydrogens (tertiary/aromatic N) is 2. The van der Waals surface area contributed by atoms with Crippen molar-refractivity contribution < 1.29 is 23.8 Å². The molecule has 28 heavy (non-hydrogen) atoms. The predicted molar refractivity (Wildman–Crippen MR) is 100 cm³/mol. The maximum Gasteiger partial charge on any atom is 0.270 e. The van der Waals surface area contributed by atoms with E-state index in [2.05, 4.69) is 15.2 Å². The van der Waals surface area contributed by atoms with Crippen LogP contribution in [0.25, 0.3) is 0 Å². The van der Waals surface area contributed by atoms with Crippen LogP contribution in [0.15, 0.2) is 12.1 Å². The Balaban J connectivity index is 1.51. The van der Waals surface area contributed by atoms with Gasteiger partial charge in [0.2, 0.25) is 11.8 Å². The third kappa shape index (κ3) is 3.77. The lowest BCUT2D eigenvalue weighted by Gasteiger charge is -2.41. The second kappa shape index (κ2) is 7.56. The van der Waals surface area contributed by atoms with Crippen molar-refractivity contribution in [2.24, 2.45) is 5.73 Å². The Morgan fingerprint density at radius 3 is 2.61 bits per heavy atom. The van der Waals surface area contributed by atoms with Crippen LogP contribution in [0.3, 0.4) is 0 Å². The number of pyridine rings is 1. The number of amides is 2. The van der Waals surface area contributed by atoms with Crippen LogP contribution in [0.4, 0.5) is 5.69 Å². The van der Waals surface area contributed by atoms with Gasteiger partial charge in [0, 0.05) is 20.2 Å². The van der Waals surface area contributed by atoms with Gasteiger partial charge < -0.3 is 30.2 Å². The smallest absolute Gasteiger partial charge is 0.270 e. The Bertz CT molecular complexity index is 757. The second-order valence-corrected chi connectivity index (χ2v) is 7.82. The standard InChI is InChI=1S/C19H26N4O5/c1-26-13-8-23(9-13)15-6-5-14(21-18(15)28-12-3-2-4-12)17(25)22-19(7-16(20)24)10-27-11-19/h5-6,12-13H,2-4,7-11H2,1H3,(H2,20,24)(H,22,25). The number of hydrogen-bond donors (Lipinski definition) is 2. The molecular formula is C19H26N4O5. The molecule has 0 aromatic carbocycles. The average Bonchev–Trinajstić information content (AvgIpc) is 2.55. The van der Waals surface area contributed by atoms with Crippen molar-refractivity contribution >= 4 is 17.5 Å². The van der Waals surface area contributed by atoms with Gasteiger partial charge >= 0.3 is 0 Å². The third-order valence-electron chi connectivity index (χ3n) is 5.57. The maximum atomic E-state index is 12.7. The molecule has 3 fully saturated rings. The molecule has 3 heterocycles. The zero-order chi connectivity index (χ0) is 19.7. The Labute approximate surface area is 163 Å². The molecule has 1 aromatic rings. The van der Waals surface area contributed by atoms with E-state index in [4.69, 9.17) is 19.9 Å².